The van der Waals surface area contributed by atoms with Crippen LogP contribution in [-0.4, -0.2) is 26.4 Å². The Hall–Kier alpha value is -2.62. The third kappa shape index (κ3) is 6.28. The molecule has 0 unspecified atom stereocenters. The summed E-state index contributed by atoms with van der Waals surface area (Å²) >= 11 is 0. The van der Waals surface area contributed by atoms with Crippen LogP contribution in [0.1, 0.15) is 79.1 Å². The Labute approximate surface area is 205 Å². The molecule has 0 aliphatic carbocycles. The van der Waals surface area contributed by atoms with E-state index in [9.17, 15) is 0 Å². The van der Waals surface area contributed by atoms with E-state index in [-0.39, 0.29) is 0 Å². The van der Waals surface area contributed by atoms with Crippen LogP contribution in [0.4, 0.5) is 0 Å². The molecule has 0 bridgehead atoms. The van der Waals surface area contributed by atoms with E-state index in [1.54, 1.807) is 0 Å². The number of benzene rings is 3. The minimum Gasteiger partial charge on any atom is -0.493 e. The Bertz CT molecular complexity index is 945. The van der Waals surface area contributed by atoms with E-state index < -0.39 is 0 Å². The van der Waals surface area contributed by atoms with Gasteiger partial charge in [0.2, 0.25) is 0 Å². The van der Waals surface area contributed by atoms with Gasteiger partial charge in [-0.15, -0.1) is 0 Å². The van der Waals surface area contributed by atoms with E-state index in [0.29, 0.717) is 26.4 Å². The lowest BCUT2D eigenvalue weighted by Gasteiger charge is -2.22. The van der Waals surface area contributed by atoms with Crippen LogP contribution in [0.25, 0.3) is 21.5 Å². The van der Waals surface area contributed by atoms with Crippen molar-refractivity contribution in [2.45, 2.75) is 79.1 Å². The number of hydrogen-bond acceptors (Lipinski definition) is 4. The molecule has 0 aliphatic rings. The summed E-state index contributed by atoms with van der Waals surface area (Å²) < 4.78 is 25.6. The van der Waals surface area contributed by atoms with Crippen molar-refractivity contribution < 1.29 is 18.9 Å². The highest BCUT2D eigenvalue weighted by molar-refractivity contribution is 6.15. The topological polar surface area (TPSA) is 36.9 Å². The van der Waals surface area contributed by atoms with Crippen LogP contribution in [-0.2, 0) is 0 Å². The third-order valence-electron chi connectivity index (χ3n) is 6.00. The lowest BCUT2D eigenvalue weighted by Crippen LogP contribution is -2.06. The van der Waals surface area contributed by atoms with Gasteiger partial charge in [0.1, 0.15) is 23.0 Å². The van der Waals surface area contributed by atoms with Gasteiger partial charge in [-0.3, -0.25) is 0 Å². The fraction of sp³-hybridized carbons (Fsp3) is 0.533. The van der Waals surface area contributed by atoms with Gasteiger partial charge >= 0.3 is 0 Å². The van der Waals surface area contributed by atoms with Gasteiger partial charge in [-0.1, -0.05) is 77.6 Å². The predicted molar refractivity (Wildman–Crippen MR) is 143 cm³/mol. The second kappa shape index (κ2) is 13.9. The number of hydrogen-bond donors (Lipinski definition) is 0. The number of ether oxygens (including phenoxy) is 4. The molecule has 0 aliphatic heterocycles. The quantitative estimate of drug-likeness (QED) is 0.156. The number of fused-ring (bicyclic) bond motifs is 2. The Kier molecular flexibility index (Phi) is 10.7. The van der Waals surface area contributed by atoms with Gasteiger partial charge in [0.25, 0.3) is 0 Å². The minimum absolute atomic E-state index is 0.668. The number of unbranched alkanes of at least 4 members (excludes halogenated alkanes) is 4. The molecule has 0 atom stereocenters. The van der Waals surface area contributed by atoms with Gasteiger partial charge in [0.15, 0.2) is 0 Å². The van der Waals surface area contributed by atoms with Gasteiger partial charge in [0.05, 0.1) is 37.2 Å². The second-order valence-electron chi connectivity index (χ2n) is 8.82. The van der Waals surface area contributed by atoms with Crippen molar-refractivity contribution in [1.82, 2.24) is 0 Å². The van der Waals surface area contributed by atoms with Crippen molar-refractivity contribution in [3.05, 3.63) is 36.4 Å². The standard InChI is InChI=1S/C30H42O4/c1-5-9-19-31-25-17-18-26(32-20-10-6-2)28-27(25)29(33-21-11-7-3)23-15-13-14-16-24(23)30(28)34-22-12-8-4/h13-18H,5-12,19-22H2,1-4H3. The average Bonchev–Trinajstić information content (AvgIpc) is 2.86. The van der Waals surface area contributed by atoms with Crippen molar-refractivity contribution in [3.63, 3.8) is 0 Å². The van der Waals surface area contributed by atoms with Crippen LogP contribution in [0, 0.1) is 0 Å². The number of rotatable bonds is 16. The van der Waals surface area contributed by atoms with Crippen LogP contribution in [0.3, 0.4) is 0 Å². The maximum absolute atomic E-state index is 6.49. The van der Waals surface area contributed by atoms with E-state index in [1.807, 2.05) is 12.1 Å². The van der Waals surface area contributed by atoms with Crippen LogP contribution in [0.2, 0.25) is 0 Å². The van der Waals surface area contributed by atoms with Crippen molar-refractivity contribution in [1.29, 1.82) is 0 Å². The molecule has 3 aromatic rings. The fourth-order valence-electron chi connectivity index (χ4n) is 3.99. The van der Waals surface area contributed by atoms with E-state index in [2.05, 4.69) is 52.0 Å². The molecule has 0 N–H and O–H groups in total. The molecule has 186 valence electrons. The zero-order valence-electron chi connectivity index (χ0n) is 21.6. The van der Waals surface area contributed by atoms with Gasteiger partial charge < -0.3 is 18.9 Å². The smallest absolute Gasteiger partial charge is 0.139 e. The predicted octanol–water partition coefficient (Wildman–Crippen LogP) is 8.71. The summed E-state index contributed by atoms with van der Waals surface area (Å²) in [7, 11) is 0. The Morgan fingerprint density at radius 1 is 0.471 bits per heavy atom. The van der Waals surface area contributed by atoms with Gasteiger partial charge in [-0.25, -0.2) is 0 Å². The Morgan fingerprint density at radius 3 is 1.18 bits per heavy atom. The molecule has 4 heteroatoms. The molecule has 3 aromatic carbocycles. The first-order valence-corrected chi connectivity index (χ1v) is 13.3. The molecule has 0 radical (unpaired) electrons. The molecular weight excluding hydrogens is 424 g/mol. The third-order valence-corrected chi connectivity index (χ3v) is 6.00. The molecule has 3 rings (SSSR count). The molecule has 0 heterocycles. The zero-order valence-corrected chi connectivity index (χ0v) is 21.6. The maximum atomic E-state index is 6.49. The largest absolute Gasteiger partial charge is 0.493 e. The average molecular weight is 467 g/mol. The molecular formula is C30H42O4. The fourth-order valence-corrected chi connectivity index (χ4v) is 3.99. The summed E-state index contributed by atoms with van der Waals surface area (Å²) in [6.07, 6.45) is 8.37. The van der Waals surface area contributed by atoms with Crippen molar-refractivity contribution in [2.24, 2.45) is 0 Å². The highest BCUT2D eigenvalue weighted by atomic mass is 16.5. The van der Waals surface area contributed by atoms with E-state index in [1.165, 1.54) is 0 Å². The molecule has 0 aromatic heterocycles. The Balaban J connectivity index is 2.29. The summed E-state index contributed by atoms with van der Waals surface area (Å²) in [4.78, 5) is 0. The summed E-state index contributed by atoms with van der Waals surface area (Å²) in [6.45, 7) is 11.4. The minimum atomic E-state index is 0.668. The second-order valence-corrected chi connectivity index (χ2v) is 8.82. The monoisotopic (exact) mass is 466 g/mol. The first-order valence-electron chi connectivity index (χ1n) is 13.3. The SMILES string of the molecule is CCCCOc1ccc(OCCCC)c2c(OCCCC)c3ccccc3c(OCCCC)c12. The van der Waals surface area contributed by atoms with E-state index in [4.69, 9.17) is 18.9 Å². The first kappa shape index (κ1) is 26.0. The van der Waals surface area contributed by atoms with Crippen LogP contribution in [0.5, 0.6) is 23.0 Å². The van der Waals surface area contributed by atoms with Crippen molar-refractivity contribution >= 4 is 21.5 Å². The van der Waals surface area contributed by atoms with Crippen LogP contribution < -0.4 is 18.9 Å². The summed E-state index contributed by atoms with van der Waals surface area (Å²) in [5.41, 5.74) is 0. The zero-order chi connectivity index (χ0) is 24.2. The lowest BCUT2D eigenvalue weighted by molar-refractivity contribution is 0.295. The normalized spacial score (nSPS) is 11.2. The Morgan fingerprint density at radius 2 is 0.824 bits per heavy atom. The van der Waals surface area contributed by atoms with Gasteiger partial charge in [0, 0.05) is 10.8 Å². The van der Waals surface area contributed by atoms with Crippen LogP contribution >= 0.6 is 0 Å². The lowest BCUT2D eigenvalue weighted by atomic mass is 9.98. The molecule has 4 nitrogen and oxygen atoms in total. The summed E-state index contributed by atoms with van der Waals surface area (Å²) in [5.74, 6) is 3.41. The molecule has 0 fully saturated rings. The molecule has 0 saturated heterocycles. The molecule has 34 heavy (non-hydrogen) atoms. The van der Waals surface area contributed by atoms with E-state index >= 15 is 0 Å². The molecule has 0 spiro atoms. The van der Waals surface area contributed by atoms with Crippen LogP contribution in [0.15, 0.2) is 36.4 Å². The molecule has 0 amide bonds. The first-order chi connectivity index (χ1) is 16.8. The van der Waals surface area contributed by atoms with Gasteiger partial charge in [-0.05, 0) is 37.8 Å². The summed E-state index contributed by atoms with van der Waals surface area (Å²) in [6, 6.07) is 12.5. The highest BCUT2D eigenvalue weighted by Gasteiger charge is 2.23. The molecule has 0 saturated carbocycles. The summed E-state index contributed by atoms with van der Waals surface area (Å²) in [5, 5.41) is 4.05. The van der Waals surface area contributed by atoms with Crippen molar-refractivity contribution in [3.8, 4) is 23.0 Å². The van der Waals surface area contributed by atoms with Gasteiger partial charge in [-0.2, -0.15) is 0 Å². The van der Waals surface area contributed by atoms with E-state index in [0.717, 1.165) is 95.9 Å². The highest BCUT2D eigenvalue weighted by Crippen LogP contribution is 2.50. The van der Waals surface area contributed by atoms with Crippen molar-refractivity contribution in [2.75, 3.05) is 26.4 Å². The maximum Gasteiger partial charge on any atom is 0.139 e.